The molecule has 1 atom stereocenters. The highest BCUT2D eigenvalue weighted by Gasteiger charge is 2.18. The summed E-state index contributed by atoms with van der Waals surface area (Å²) in [6, 6.07) is 14.7. The predicted octanol–water partition coefficient (Wildman–Crippen LogP) is 4.09. The molecular formula is C18H23ClN2. The van der Waals surface area contributed by atoms with Crippen LogP contribution in [0.1, 0.15) is 28.3 Å². The largest absolute Gasteiger partial charge is 0.329 e. The molecule has 0 bridgehead atoms. The number of hydrogen-bond acceptors (Lipinski definition) is 2. The van der Waals surface area contributed by atoms with Crippen molar-refractivity contribution in [3.8, 4) is 0 Å². The fraction of sp³-hybridized carbons (Fsp3) is 0.333. The summed E-state index contributed by atoms with van der Waals surface area (Å²) in [7, 11) is 2.10. The van der Waals surface area contributed by atoms with Crippen molar-refractivity contribution in [1.29, 1.82) is 0 Å². The van der Waals surface area contributed by atoms with Crippen molar-refractivity contribution >= 4 is 11.6 Å². The van der Waals surface area contributed by atoms with Crippen molar-refractivity contribution in [3.63, 3.8) is 0 Å². The lowest BCUT2D eigenvalue weighted by molar-refractivity contribution is 0.241. The highest BCUT2D eigenvalue weighted by atomic mass is 35.5. The number of benzene rings is 2. The van der Waals surface area contributed by atoms with E-state index < -0.39 is 0 Å². The Labute approximate surface area is 132 Å². The van der Waals surface area contributed by atoms with E-state index >= 15 is 0 Å². The molecule has 0 aliphatic heterocycles. The van der Waals surface area contributed by atoms with E-state index in [1.165, 1.54) is 16.7 Å². The van der Waals surface area contributed by atoms with Crippen LogP contribution in [0.15, 0.2) is 42.5 Å². The van der Waals surface area contributed by atoms with Gasteiger partial charge in [0.1, 0.15) is 0 Å². The van der Waals surface area contributed by atoms with Crippen LogP contribution < -0.4 is 5.73 Å². The van der Waals surface area contributed by atoms with E-state index in [-0.39, 0.29) is 6.04 Å². The minimum absolute atomic E-state index is 0.196. The molecule has 0 radical (unpaired) electrons. The van der Waals surface area contributed by atoms with E-state index in [0.29, 0.717) is 6.54 Å². The van der Waals surface area contributed by atoms with Crippen LogP contribution in [0, 0.1) is 13.8 Å². The first-order chi connectivity index (χ1) is 10.0. The summed E-state index contributed by atoms with van der Waals surface area (Å²) in [5, 5.41) is 0.807. The number of hydrogen-bond donors (Lipinski definition) is 1. The van der Waals surface area contributed by atoms with Gasteiger partial charge in [0, 0.05) is 24.2 Å². The van der Waals surface area contributed by atoms with E-state index in [1.807, 2.05) is 18.2 Å². The van der Waals surface area contributed by atoms with Crippen molar-refractivity contribution in [1.82, 2.24) is 4.90 Å². The van der Waals surface area contributed by atoms with E-state index in [9.17, 15) is 0 Å². The topological polar surface area (TPSA) is 29.3 Å². The second-order valence-electron chi connectivity index (χ2n) is 5.62. The summed E-state index contributed by atoms with van der Waals surface area (Å²) in [5.41, 5.74) is 11.0. The highest BCUT2D eigenvalue weighted by Crippen LogP contribution is 2.26. The van der Waals surface area contributed by atoms with Gasteiger partial charge in [-0.05, 0) is 43.7 Å². The van der Waals surface area contributed by atoms with Crippen LogP contribution >= 0.6 is 11.6 Å². The van der Waals surface area contributed by atoms with E-state index in [1.54, 1.807) is 0 Å². The number of nitrogens with two attached hydrogens (primary N) is 1. The van der Waals surface area contributed by atoms with Gasteiger partial charge in [-0.25, -0.2) is 0 Å². The van der Waals surface area contributed by atoms with Crippen LogP contribution in [0.25, 0.3) is 0 Å². The molecule has 2 rings (SSSR count). The van der Waals surface area contributed by atoms with Crippen molar-refractivity contribution < 1.29 is 0 Å². The third kappa shape index (κ3) is 3.85. The molecular weight excluding hydrogens is 280 g/mol. The lowest BCUT2D eigenvalue weighted by Crippen LogP contribution is -2.30. The fourth-order valence-electron chi connectivity index (χ4n) is 2.67. The molecule has 2 aromatic carbocycles. The first-order valence-corrected chi connectivity index (χ1v) is 7.61. The van der Waals surface area contributed by atoms with Crippen molar-refractivity contribution in [2.24, 2.45) is 5.73 Å². The maximum Gasteiger partial charge on any atom is 0.0473 e. The van der Waals surface area contributed by atoms with Crippen molar-refractivity contribution in [2.75, 3.05) is 13.6 Å². The van der Waals surface area contributed by atoms with E-state index in [2.05, 4.69) is 50.1 Å². The lowest BCUT2D eigenvalue weighted by Gasteiger charge is -2.29. The zero-order chi connectivity index (χ0) is 15.4. The third-order valence-corrected chi connectivity index (χ3v) is 4.30. The first kappa shape index (κ1) is 16.0. The van der Waals surface area contributed by atoms with Gasteiger partial charge in [-0.15, -0.1) is 0 Å². The molecule has 21 heavy (non-hydrogen) atoms. The summed E-state index contributed by atoms with van der Waals surface area (Å²) in [5.74, 6) is 0. The van der Waals surface area contributed by atoms with Crippen LogP contribution in [0.3, 0.4) is 0 Å². The Morgan fingerprint density at radius 2 is 1.86 bits per heavy atom. The molecule has 0 amide bonds. The molecule has 2 nitrogen and oxygen atoms in total. The Bertz CT molecular complexity index is 610. The van der Waals surface area contributed by atoms with E-state index in [4.69, 9.17) is 17.3 Å². The molecule has 0 aromatic heterocycles. The molecule has 112 valence electrons. The number of likely N-dealkylation sites (N-methyl/N-ethyl adjacent to an activating group) is 1. The molecule has 2 aromatic rings. The average molecular weight is 303 g/mol. The summed E-state index contributed by atoms with van der Waals surface area (Å²) >= 11 is 6.26. The van der Waals surface area contributed by atoms with Crippen molar-refractivity contribution in [2.45, 2.75) is 26.4 Å². The van der Waals surface area contributed by atoms with Gasteiger partial charge in [0.25, 0.3) is 0 Å². The fourth-order valence-corrected chi connectivity index (χ4v) is 2.86. The second-order valence-corrected chi connectivity index (χ2v) is 6.03. The Kier molecular flexibility index (Phi) is 5.40. The van der Waals surface area contributed by atoms with Crippen LogP contribution in [-0.4, -0.2) is 18.5 Å². The molecule has 2 N–H and O–H groups in total. The summed E-state index contributed by atoms with van der Waals surface area (Å²) in [4.78, 5) is 2.27. The minimum Gasteiger partial charge on any atom is -0.329 e. The molecule has 3 heteroatoms. The second kappa shape index (κ2) is 7.08. The maximum atomic E-state index is 6.26. The summed E-state index contributed by atoms with van der Waals surface area (Å²) in [6.45, 7) is 5.63. The molecule has 0 spiro atoms. The molecule has 0 aliphatic rings. The van der Waals surface area contributed by atoms with Gasteiger partial charge >= 0.3 is 0 Å². The predicted molar refractivity (Wildman–Crippen MR) is 90.6 cm³/mol. The summed E-state index contributed by atoms with van der Waals surface area (Å²) in [6.07, 6.45) is 0. The molecule has 0 aliphatic carbocycles. The summed E-state index contributed by atoms with van der Waals surface area (Å²) < 4.78 is 0. The normalized spacial score (nSPS) is 12.7. The Hall–Kier alpha value is -1.35. The van der Waals surface area contributed by atoms with Crippen LogP contribution in [0.2, 0.25) is 5.02 Å². The van der Waals surface area contributed by atoms with E-state index in [0.717, 1.165) is 17.1 Å². The van der Waals surface area contributed by atoms with Crippen molar-refractivity contribution in [3.05, 3.63) is 69.7 Å². The van der Waals surface area contributed by atoms with Gasteiger partial charge in [0.05, 0.1) is 0 Å². The van der Waals surface area contributed by atoms with Crippen LogP contribution in [0.4, 0.5) is 0 Å². The Balaban J connectivity index is 2.25. The molecule has 0 saturated carbocycles. The van der Waals surface area contributed by atoms with Crippen LogP contribution in [-0.2, 0) is 6.54 Å². The average Bonchev–Trinajstić information content (AvgIpc) is 2.46. The number of nitrogens with zero attached hydrogens (tertiary/aromatic N) is 1. The maximum absolute atomic E-state index is 6.26. The molecule has 0 saturated heterocycles. The third-order valence-electron chi connectivity index (χ3n) is 3.93. The lowest BCUT2D eigenvalue weighted by atomic mass is 9.97. The SMILES string of the molecule is Cc1ccc(C)c(C(CN)N(C)Cc2ccccc2Cl)c1. The van der Waals surface area contributed by atoms with Gasteiger partial charge in [0.15, 0.2) is 0 Å². The number of aryl methyl sites for hydroxylation is 2. The van der Waals surface area contributed by atoms with Crippen LogP contribution in [0.5, 0.6) is 0 Å². The van der Waals surface area contributed by atoms with Gasteiger partial charge in [0.2, 0.25) is 0 Å². The monoisotopic (exact) mass is 302 g/mol. The van der Waals surface area contributed by atoms with Gasteiger partial charge in [-0.2, -0.15) is 0 Å². The zero-order valence-corrected chi connectivity index (χ0v) is 13.7. The smallest absolute Gasteiger partial charge is 0.0473 e. The number of rotatable bonds is 5. The molecule has 0 fully saturated rings. The minimum atomic E-state index is 0.196. The Morgan fingerprint density at radius 3 is 2.52 bits per heavy atom. The number of halogens is 1. The van der Waals surface area contributed by atoms with Gasteiger partial charge in [-0.1, -0.05) is 53.6 Å². The van der Waals surface area contributed by atoms with Gasteiger partial charge in [-0.3, -0.25) is 4.90 Å². The molecule has 1 unspecified atom stereocenters. The first-order valence-electron chi connectivity index (χ1n) is 7.23. The molecule has 0 heterocycles. The van der Waals surface area contributed by atoms with Gasteiger partial charge < -0.3 is 5.73 Å². The quantitative estimate of drug-likeness (QED) is 0.901. The zero-order valence-electron chi connectivity index (χ0n) is 12.9. The Morgan fingerprint density at radius 1 is 1.14 bits per heavy atom. The standard InChI is InChI=1S/C18H23ClN2/c1-13-8-9-14(2)16(10-13)18(11-20)21(3)12-15-6-4-5-7-17(15)19/h4-10,18H,11-12,20H2,1-3H3. The highest BCUT2D eigenvalue weighted by molar-refractivity contribution is 6.31.